The van der Waals surface area contributed by atoms with Crippen molar-refractivity contribution in [3.63, 3.8) is 0 Å². The average molecular weight is 383 g/mol. The minimum absolute atomic E-state index is 0.136. The van der Waals surface area contributed by atoms with Crippen molar-refractivity contribution in [2.75, 3.05) is 19.8 Å². The van der Waals surface area contributed by atoms with E-state index in [1.807, 2.05) is 24.4 Å². The van der Waals surface area contributed by atoms with Crippen LogP contribution in [0.3, 0.4) is 0 Å². The number of thiophene rings is 1. The van der Waals surface area contributed by atoms with Gasteiger partial charge in [0.2, 0.25) is 10.0 Å². The summed E-state index contributed by atoms with van der Waals surface area (Å²) in [5.41, 5.74) is 0.425. The minimum Gasteiger partial charge on any atom is -0.382 e. The average Bonchev–Trinajstić information content (AvgIpc) is 3.13. The molecule has 0 saturated heterocycles. The first-order chi connectivity index (χ1) is 12.0. The van der Waals surface area contributed by atoms with E-state index in [1.54, 1.807) is 0 Å². The summed E-state index contributed by atoms with van der Waals surface area (Å²) in [6, 6.07) is 9.63. The lowest BCUT2D eigenvalue weighted by atomic mass is 10.2. The number of nitrogens with one attached hydrogen (secondary N) is 2. The van der Waals surface area contributed by atoms with Crippen LogP contribution in [-0.2, 0) is 21.3 Å². The molecule has 0 saturated carbocycles. The van der Waals surface area contributed by atoms with Gasteiger partial charge in [-0.25, -0.2) is 13.1 Å². The SMILES string of the molecule is CCOCCCNC(=O)c1ccc(S(=O)(=O)NCc2cccs2)cc1. The van der Waals surface area contributed by atoms with Gasteiger partial charge in [-0.3, -0.25) is 4.79 Å². The molecular weight excluding hydrogens is 360 g/mol. The molecule has 8 heteroatoms. The summed E-state index contributed by atoms with van der Waals surface area (Å²) in [7, 11) is -3.60. The molecule has 0 atom stereocenters. The molecule has 1 aromatic carbocycles. The van der Waals surface area contributed by atoms with Gasteiger partial charge in [-0.1, -0.05) is 6.07 Å². The van der Waals surface area contributed by atoms with Crippen molar-refractivity contribution >= 4 is 27.3 Å². The van der Waals surface area contributed by atoms with E-state index < -0.39 is 10.0 Å². The number of benzene rings is 1. The number of rotatable bonds is 10. The smallest absolute Gasteiger partial charge is 0.251 e. The Balaban J connectivity index is 1.88. The van der Waals surface area contributed by atoms with Crippen molar-refractivity contribution in [3.05, 3.63) is 52.2 Å². The Hall–Kier alpha value is -1.74. The molecule has 0 unspecified atom stereocenters. The first-order valence-electron chi connectivity index (χ1n) is 8.01. The van der Waals surface area contributed by atoms with Crippen LogP contribution >= 0.6 is 11.3 Å². The van der Waals surface area contributed by atoms with E-state index in [1.165, 1.54) is 35.6 Å². The maximum Gasteiger partial charge on any atom is 0.251 e. The second-order valence-electron chi connectivity index (χ2n) is 5.23. The Labute approximate surface area is 152 Å². The number of hydrogen-bond donors (Lipinski definition) is 2. The molecule has 2 aromatic rings. The molecule has 0 aliphatic carbocycles. The van der Waals surface area contributed by atoms with E-state index in [-0.39, 0.29) is 17.3 Å². The van der Waals surface area contributed by atoms with Crippen molar-refractivity contribution < 1.29 is 17.9 Å². The lowest BCUT2D eigenvalue weighted by molar-refractivity contribution is 0.0944. The lowest BCUT2D eigenvalue weighted by Gasteiger charge is -2.08. The number of carbonyl (C=O) groups excluding carboxylic acids is 1. The van der Waals surface area contributed by atoms with Gasteiger partial charge in [0.25, 0.3) is 5.91 Å². The van der Waals surface area contributed by atoms with E-state index >= 15 is 0 Å². The third-order valence-corrected chi connectivity index (χ3v) is 5.69. The summed E-state index contributed by atoms with van der Waals surface area (Å²) in [5.74, 6) is -0.230. The van der Waals surface area contributed by atoms with Gasteiger partial charge in [-0.2, -0.15) is 0 Å². The molecule has 0 fully saturated rings. The first kappa shape index (κ1) is 19.6. The van der Waals surface area contributed by atoms with Crippen molar-refractivity contribution in [2.24, 2.45) is 0 Å². The molecule has 0 aliphatic heterocycles. The normalized spacial score (nSPS) is 11.4. The highest BCUT2D eigenvalue weighted by molar-refractivity contribution is 7.89. The van der Waals surface area contributed by atoms with Gasteiger partial charge in [0.1, 0.15) is 0 Å². The summed E-state index contributed by atoms with van der Waals surface area (Å²) in [6.07, 6.45) is 0.735. The van der Waals surface area contributed by atoms with Crippen LogP contribution in [-0.4, -0.2) is 34.1 Å². The van der Waals surface area contributed by atoms with Gasteiger partial charge >= 0.3 is 0 Å². The Morgan fingerprint density at radius 3 is 2.60 bits per heavy atom. The Kier molecular flexibility index (Phi) is 7.57. The van der Waals surface area contributed by atoms with Crippen LogP contribution in [0.25, 0.3) is 0 Å². The van der Waals surface area contributed by atoms with Gasteiger partial charge in [0.15, 0.2) is 0 Å². The highest BCUT2D eigenvalue weighted by Gasteiger charge is 2.15. The second kappa shape index (κ2) is 9.67. The molecule has 1 aromatic heterocycles. The van der Waals surface area contributed by atoms with Crippen molar-refractivity contribution in [3.8, 4) is 0 Å². The third kappa shape index (κ3) is 6.24. The summed E-state index contributed by atoms with van der Waals surface area (Å²) in [6.45, 7) is 3.95. The first-order valence-corrected chi connectivity index (χ1v) is 10.4. The quantitative estimate of drug-likeness (QED) is 0.618. The third-order valence-electron chi connectivity index (χ3n) is 3.40. The Morgan fingerprint density at radius 2 is 1.96 bits per heavy atom. The van der Waals surface area contributed by atoms with Crippen LogP contribution in [0.5, 0.6) is 0 Å². The fourth-order valence-corrected chi connectivity index (χ4v) is 3.81. The number of hydrogen-bond acceptors (Lipinski definition) is 5. The van der Waals surface area contributed by atoms with Crippen molar-refractivity contribution in [1.82, 2.24) is 10.0 Å². The predicted octanol–water partition coefficient (Wildman–Crippen LogP) is 2.38. The number of sulfonamides is 1. The maximum atomic E-state index is 12.3. The van der Waals surface area contributed by atoms with Crippen LogP contribution in [0, 0.1) is 0 Å². The van der Waals surface area contributed by atoms with E-state index in [0.717, 1.165) is 11.3 Å². The molecule has 6 nitrogen and oxygen atoms in total. The van der Waals surface area contributed by atoms with Crippen LogP contribution < -0.4 is 10.0 Å². The van der Waals surface area contributed by atoms with E-state index in [9.17, 15) is 13.2 Å². The Morgan fingerprint density at radius 1 is 1.20 bits per heavy atom. The second-order valence-corrected chi connectivity index (χ2v) is 8.03. The molecule has 25 heavy (non-hydrogen) atoms. The summed E-state index contributed by atoms with van der Waals surface area (Å²) in [4.78, 5) is 13.1. The highest BCUT2D eigenvalue weighted by atomic mass is 32.2. The molecule has 136 valence electrons. The van der Waals surface area contributed by atoms with Crippen molar-refractivity contribution in [1.29, 1.82) is 0 Å². The predicted molar refractivity (Wildman–Crippen MR) is 98.2 cm³/mol. The van der Waals surface area contributed by atoms with Crippen LogP contribution in [0.2, 0.25) is 0 Å². The van der Waals surface area contributed by atoms with Gasteiger partial charge < -0.3 is 10.1 Å². The molecule has 0 bridgehead atoms. The number of amides is 1. The van der Waals surface area contributed by atoms with Crippen LogP contribution in [0.1, 0.15) is 28.6 Å². The maximum absolute atomic E-state index is 12.3. The number of ether oxygens (including phenoxy) is 1. The largest absolute Gasteiger partial charge is 0.382 e. The van der Waals surface area contributed by atoms with Crippen molar-refractivity contribution in [2.45, 2.75) is 24.8 Å². The van der Waals surface area contributed by atoms with Gasteiger partial charge in [-0.15, -0.1) is 11.3 Å². The number of carbonyl (C=O) groups is 1. The monoisotopic (exact) mass is 382 g/mol. The topological polar surface area (TPSA) is 84.5 Å². The molecule has 0 aliphatic rings. The fourth-order valence-electron chi connectivity index (χ4n) is 2.07. The molecule has 2 N–H and O–H groups in total. The molecule has 1 amide bonds. The molecular formula is C17H22N2O4S2. The standard InChI is InChI=1S/C17H22N2O4S2/c1-2-23-11-4-10-18-17(20)14-6-8-16(9-7-14)25(21,22)19-13-15-5-3-12-24-15/h3,5-9,12,19H,2,4,10-11,13H2,1H3,(H,18,20). The zero-order valence-electron chi connectivity index (χ0n) is 14.0. The van der Waals surface area contributed by atoms with E-state index in [2.05, 4.69) is 10.0 Å². The molecule has 0 spiro atoms. The molecule has 2 rings (SSSR count). The zero-order valence-corrected chi connectivity index (χ0v) is 15.7. The van der Waals surface area contributed by atoms with Crippen LogP contribution in [0.4, 0.5) is 0 Å². The van der Waals surface area contributed by atoms with E-state index in [0.29, 0.717) is 25.3 Å². The van der Waals surface area contributed by atoms with Gasteiger partial charge in [-0.05, 0) is 49.1 Å². The molecule has 1 heterocycles. The van der Waals surface area contributed by atoms with Gasteiger partial charge in [0, 0.05) is 36.7 Å². The van der Waals surface area contributed by atoms with E-state index in [4.69, 9.17) is 4.74 Å². The minimum atomic E-state index is -3.60. The Bertz CT molecular complexity index is 756. The summed E-state index contributed by atoms with van der Waals surface area (Å²) < 4.78 is 32.3. The van der Waals surface area contributed by atoms with Gasteiger partial charge in [0.05, 0.1) is 4.90 Å². The lowest BCUT2D eigenvalue weighted by Crippen LogP contribution is -2.26. The summed E-state index contributed by atoms with van der Waals surface area (Å²) >= 11 is 1.49. The fraction of sp³-hybridized carbons (Fsp3) is 0.353. The van der Waals surface area contributed by atoms with Crippen LogP contribution in [0.15, 0.2) is 46.7 Å². The highest BCUT2D eigenvalue weighted by Crippen LogP contribution is 2.13. The summed E-state index contributed by atoms with van der Waals surface area (Å²) in [5, 5.41) is 4.67. The zero-order chi connectivity index (χ0) is 18.1. The molecule has 0 radical (unpaired) electrons.